The van der Waals surface area contributed by atoms with E-state index >= 15 is 0 Å². The smallest absolute Gasteiger partial charge is 0.286 e. The minimum absolute atomic E-state index is 0.00583. The van der Waals surface area contributed by atoms with Crippen LogP contribution in [0.15, 0.2) is 52.7 Å². The summed E-state index contributed by atoms with van der Waals surface area (Å²) in [5.74, 6) is -1.35. The molecule has 4 aromatic rings. The molecule has 0 aliphatic rings. The highest BCUT2D eigenvalue weighted by molar-refractivity contribution is 5.94. The van der Waals surface area contributed by atoms with E-state index in [9.17, 15) is 14.3 Å². The molecule has 124 valence electrons. The summed E-state index contributed by atoms with van der Waals surface area (Å²) < 4.78 is 14.8. The molecule has 0 fully saturated rings. The number of aromatic amines is 1. The van der Waals surface area contributed by atoms with Gasteiger partial charge in [0, 0.05) is 5.39 Å². The number of aromatic hydroxyl groups is 1. The molecule has 0 saturated carbocycles. The van der Waals surface area contributed by atoms with Crippen molar-refractivity contribution in [2.75, 3.05) is 0 Å². The third-order valence-electron chi connectivity index (χ3n) is 3.68. The van der Waals surface area contributed by atoms with Gasteiger partial charge in [-0.15, -0.1) is 15.3 Å². The fourth-order valence-electron chi connectivity index (χ4n) is 2.54. The van der Waals surface area contributed by atoms with Crippen molar-refractivity contribution in [2.24, 2.45) is 10.2 Å². The van der Waals surface area contributed by atoms with Crippen LogP contribution in [-0.4, -0.2) is 31.0 Å². The molecule has 0 aliphatic carbocycles. The van der Waals surface area contributed by atoms with Gasteiger partial charge in [0.25, 0.3) is 5.91 Å². The largest absolute Gasteiger partial charge is 0.493 e. The molecule has 0 radical (unpaired) electrons. The summed E-state index contributed by atoms with van der Waals surface area (Å²) >= 11 is 0. The van der Waals surface area contributed by atoms with Gasteiger partial charge < -0.3 is 10.1 Å². The number of rotatable bonds is 3. The van der Waals surface area contributed by atoms with Crippen LogP contribution >= 0.6 is 0 Å². The van der Waals surface area contributed by atoms with E-state index in [1.54, 1.807) is 12.1 Å². The number of H-pyrrole nitrogens is 1. The summed E-state index contributed by atoms with van der Waals surface area (Å²) in [6.07, 6.45) is 0. The zero-order valence-corrected chi connectivity index (χ0v) is 12.7. The number of benzene rings is 2. The van der Waals surface area contributed by atoms with Crippen LogP contribution < -0.4 is 0 Å². The summed E-state index contributed by atoms with van der Waals surface area (Å²) in [4.78, 5) is 14.7. The van der Waals surface area contributed by atoms with Gasteiger partial charge in [0.1, 0.15) is 17.9 Å². The van der Waals surface area contributed by atoms with E-state index in [2.05, 4.69) is 25.5 Å². The first kappa shape index (κ1) is 14.9. The number of nitrogens with zero attached hydrogens (tertiary/aromatic N) is 5. The normalized spacial score (nSPS) is 11.7. The molecule has 1 amide bonds. The Morgan fingerprint density at radius 1 is 1.28 bits per heavy atom. The molecule has 0 atom stereocenters. The number of azo groups is 1. The molecular weight excluding hydrogens is 327 g/mol. The minimum Gasteiger partial charge on any atom is -0.493 e. The van der Waals surface area contributed by atoms with Crippen molar-refractivity contribution in [3.63, 3.8) is 0 Å². The molecule has 9 heteroatoms. The van der Waals surface area contributed by atoms with Crippen LogP contribution in [0.1, 0.15) is 0 Å². The Hall–Kier alpha value is -3.62. The number of hydrogen-bond acceptors (Lipinski definition) is 5. The quantitative estimate of drug-likeness (QED) is 0.559. The number of hydrogen-bond donors (Lipinski definition) is 2. The molecule has 0 aliphatic heterocycles. The van der Waals surface area contributed by atoms with Crippen molar-refractivity contribution in [3.05, 3.63) is 48.3 Å². The standard InChI is InChI=1S/C16H11FN6O2/c17-9-5-6-11-10(7-9)15(16(25)18-11)21-20-14(24)8-23-13-4-2-1-3-12(13)19-22-23/h1-7,18,25H,8H2. The van der Waals surface area contributed by atoms with E-state index < -0.39 is 11.7 Å². The number of aromatic nitrogens is 4. The van der Waals surface area contributed by atoms with Crippen LogP contribution in [0.4, 0.5) is 10.1 Å². The summed E-state index contributed by atoms with van der Waals surface area (Å²) in [6.45, 7) is -0.151. The van der Waals surface area contributed by atoms with E-state index in [1.807, 2.05) is 12.1 Å². The maximum absolute atomic E-state index is 13.4. The lowest BCUT2D eigenvalue weighted by molar-refractivity contribution is -0.119. The van der Waals surface area contributed by atoms with Gasteiger partial charge in [-0.05, 0) is 30.3 Å². The molecule has 2 aromatic carbocycles. The van der Waals surface area contributed by atoms with Crippen molar-refractivity contribution in [3.8, 4) is 5.88 Å². The Kier molecular flexibility index (Phi) is 3.46. The molecule has 0 saturated heterocycles. The van der Waals surface area contributed by atoms with Gasteiger partial charge in [0.2, 0.25) is 5.88 Å². The first-order valence-corrected chi connectivity index (χ1v) is 7.35. The summed E-state index contributed by atoms with van der Waals surface area (Å²) in [5.41, 5.74) is 1.86. The number of para-hydroxylation sites is 1. The Balaban J connectivity index is 1.60. The van der Waals surface area contributed by atoms with Crippen molar-refractivity contribution < 1.29 is 14.3 Å². The van der Waals surface area contributed by atoms with Crippen LogP contribution in [-0.2, 0) is 11.3 Å². The summed E-state index contributed by atoms with van der Waals surface area (Å²) in [5, 5.41) is 25.4. The maximum Gasteiger partial charge on any atom is 0.286 e. The average Bonchev–Trinajstić information content (AvgIpc) is 3.14. The van der Waals surface area contributed by atoms with Gasteiger partial charge in [0.15, 0.2) is 5.69 Å². The zero-order chi connectivity index (χ0) is 17.4. The van der Waals surface area contributed by atoms with Gasteiger partial charge in [-0.3, -0.25) is 4.79 Å². The zero-order valence-electron chi connectivity index (χ0n) is 12.7. The second-order valence-electron chi connectivity index (χ2n) is 5.34. The van der Waals surface area contributed by atoms with Crippen molar-refractivity contribution >= 4 is 33.5 Å². The predicted molar refractivity (Wildman–Crippen MR) is 87.0 cm³/mol. The molecule has 4 rings (SSSR count). The van der Waals surface area contributed by atoms with E-state index in [0.717, 1.165) is 0 Å². The van der Waals surface area contributed by atoms with Crippen molar-refractivity contribution in [2.45, 2.75) is 6.54 Å². The molecule has 0 spiro atoms. The molecule has 8 nitrogen and oxygen atoms in total. The monoisotopic (exact) mass is 338 g/mol. The predicted octanol–water partition coefficient (Wildman–Crippen LogP) is 3.07. The fraction of sp³-hybridized carbons (Fsp3) is 0.0625. The average molecular weight is 338 g/mol. The molecule has 2 heterocycles. The Bertz CT molecular complexity index is 1130. The maximum atomic E-state index is 13.4. The number of fused-ring (bicyclic) bond motifs is 2. The Morgan fingerprint density at radius 2 is 2.12 bits per heavy atom. The van der Waals surface area contributed by atoms with Crippen molar-refractivity contribution in [1.82, 2.24) is 20.0 Å². The first-order valence-electron chi connectivity index (χ1n) is 7.35. The first-order chi connectivity index (χ1) is 12.1. The lowest BCUT2D eigenvalue weighted by Gasteiger charge is -1.97. The van der Waals surface area contributed by atoms with Gasteiger partial charge in [-0.2, -0.15) is 0 Å². The van der Waals surface area contributed by atoms with Crippen LogP contribution in [0.2, 0.25) is 0 Å². The SMILES string of the molecule is O=C(Cn1nnc2ccccc21)N=Nc1c(O)[nH]c2ccc(F)cc12. The molecular formula is C16H11FN6O2. The summed E-state index contributed by atoms with van der Waals surface area (Å²) in [6, 6.07) is 11.1. The number of amides is 1. The highest BCUT2D eigenvalue weighted by Gasteiger charge is 2.13. The number of halogens is 1. The molecule has 2 aromatic heterocycles. The second kappa shape index (κ2) is 5.78. The number of carbonyl (C=O) groups excluding carboxylic acids is 1. The van der Waals surface area contributed by atoms with Gasteiger partial charge in [0.05, 0.1) is 11.0 Å². The van der Waals surface area contributed by atoms with Gasteiger partial charge >= 0.3 is 0 Å². The van der Waals surface area contributed by atoms with Gasteiger partial charge in [-0.25, -0.2) is 9.07 Å². The molecule has 0 unspecified atom stereocenters. The minimum atomic E-state index is -0.583. The van der Waals surface area contributed by atoms with E-state index in [0.29, 0.717) is 21.9 Å². The lowest BCUT2D eigenvalue weighted by atomic mass is 10.2. The van der Waals surface area contributed by atoms with Crippen LogP contribution in [0.5, 0.6) is 5.88 Å². The van der Waals surface area contributed by atoms with Crippen LogP contribution in [0.25, 0.3) is 21.9 Å². The van der Waals surface area contributed by atoms with E-state index in [1.165, 1.54) is 22.9 Å². The highest BCUT2D eigenvalue weighted by atomic mass is 19.1. The van der Waals surface area contributed by atoms with Gasteiger partial charge in [-0.1, -0.05) is 17.3 Å². The fourth-order valence-corrected chi connectivity index (χ4v) is 2.54. The number of nitrogens with one attached hydrogen (secondary N) is 1. The van der Waals surface area contributed by atoms with Crippen molar-refractivity contribution in [1.29, 1.82) is 0 Å². The topological polar surface area (TPSA) is 109 Å². The second-order valence-corrected chi connectivity index (χ2v) is 5.34. The number of carbonyl (C=O) groups is 1. The lowest BCUT2D eigenvalue weighted by Crippen LogP contribution is -2.08. The van der Waals surface area contributed by atoms with Crippen LogP contribution in [0, 0.1) is 5.82 Å². The Labute approximate surface area is 139 Å². The third kappa shape index (κ3) is 2.71. The van der Waals surface area contributed by atoms with E-state index in [-0.39, 0.29) is 18.1 Å². The highest BCUT2D eigenvalue weighted by Crippen LogP contribution is 2.35. The third-order valence-corrected chi connectivity index (χ3v) is 3.68. The molecule has 0 bridgehead atoms. The van der Waals surface area contributed by atoms with E-state index in [4.69, 9.17) is 0 Å². The summed E-state index contributed by atoms with van der Waals surface area (Å²) in [7, 11) is 0. The van der Waals surface area contributed by atoms with Crippen LogP contribution in [0.3, 0.4) is 0 Å². The molecule has 2 N–H and O–H groups in total. The molecule has 25 heavy (non-hydrogen) atoms. The Morgan fingerprint density at radius 3 is 3.00 bits per heavy atom.